The summed E-state index contributed by atoms with van der Waals surface area (Å²) in [5, 5.41) is 2.87. The number of ketones is 1. The number of fused-ring (bicyclic) bond motifs is 3. The highest BCUT2D eigenvalue weighted by Gasteiger charge is 2.55. The molecule has 0 bridgehead atoms. The Kier molecular flexibility index (Phi) is 3.47. The first-order valence-corrected chi connectivity index (χ1v) is 9.46. The largest absolute Gasteiger partial charge is 0.325 e. The number of Topliss-reactive ketones (excluding diaryl/α,β-unsaturated/α-hetero) is 1. The van der Waals surface area contributed by atoms with E-state index in [4.69, 9.17) is 0 Å². The summed E-state index contributed by atoms with van der Waals surface area (Å²) < 4.78 is 0. The second-order valence-electron chi connectivity index (χ2n) is 7.64. The van der Waals surface area contributed by atoms with E-state index in [9.17, 15) is 14.4 Å². The van der Waals surface area contributed by atoms with Crippen LogP contribution in [0.2, 0.25) is 0 Å². The highest BCUT2D eigenvalue weighted by atomic mass is 16.2. The number of hydrogen-bond acceptors (Lipinski definition) is 3. The molecule has 2 aliphatic carbocycles. The van der Waals surface area contributed by atoms with Crippen molar-refractivity contribution in [3.8, 4) is 0 Å². The first kappa shape index (κ1) is 16.2. The molecule has 1 heterocycles. The van der Waals surface area contributed by atoms with E-state index in [-0.39, 0.29) is 18.2 Å². The number of nitrogens with one attached hydrogen (secondary N) is 1. The topological polar surface area (TPSA) is 66.5 Å². The Hall–Kier alpha value is -2.95. The van der Waals surface area contributed by atoms with Crippen LogP contribution in [0.3, 0.4) is 0 Å². The summed E-state index contributed by atoms with van der Waals surface area (Å²) in [5.74, 6) is -0.511. The summed E-state index contributed by atoms with van der Waals surface area (Å²) in [5.41, 5.74) is 4.01. The Balaban J connectivity index is 1.41. The highest BCUT2D eigenvalue weighted by Crippen LogP contribution is 2.41. The van der Waals surface area contributed by atoms with Gasteiger partial charge in [0.1, 0.15) is 5.54 Å². The highest BCUT2D eigenvalue weighted by molar-refractivity contribution is 6.11. The van der Waals surface area contributed by atoms with Crippen LogP contribution >= 0.6 is 0 Å². The number of carbonyl (C=O) groups excluding carboxylic acids is 3. The molecule has 1 spiro atoms. The van der Waals surface area contributed by atoms with E-state index in [1.54, 1.807) is 0 Å². The molecule has 27 heavy (non-hydrogen) atoms. The number of rotatable bonds is 3. The lowest BCUT2D eigenvalue weighted by atomic mass is 9.92. The minimum absolute atomic E-state index is 0.198. The number of hydrogen-bond donors (Lipinski definition) is 1. The third-order valence-corrected chi connectivity index (χ3v) is 6.14. The van der Waals surface area contributed by atoms with Crippen molar-refractivity contribution in [2.75, 3.05) is 6.54 Å². The number of aryl methyl sites for hydroxylation is 3. The van der Waals surface area contributed by atoms with Crippen LogP contribution < -0.4 is 5.32 Å². The molecule has 2 aromatic carbocycles. The molecule has 1 fully saturated rings. The van der Waals surface area contributed by atoms with E-state index in [2.05, 4.69) is 5.32 Å². The molecule has 5 rings (SSSR count). The fourth-order valence-electron chi connectivity index (χ4n) is 4.71. The van der Waals surface area contributed by atoms with E-state index in [0.717, 1.165) is 41.7 Å². The van der Waals surface area contributed by atoms with E-state index in [0.29, 0.717) is 12.0 Å². The average molecular weight is 360 g/mol. The molecule has 1 saturated heterocycles. The van der Waals surface area contributed by atoms with Crippen LogP contribution in [0, 0.1) is 0 Å². The van der Waals surface area contributed by atoms with Crippen molar-refractivity contribution in [2.24, 2.45) is 0 Å². The minimum Gasteiger partial charge on any atom is -0.319 e. The van der Waals surface area contributed by atoms with Gasteiger partial charge in [0.2, 0.25) is 0 Å². The second-order valence-corrected chi connectivity index (χ2v) is 7.64. The molecule has 1 atom stereocenters. The SMILES string of the molecule is O=C(CN1C(=O)N[C@@]2(CCc3ccccc32)C1=O)c1ccc2c(c1)CCC2. The quantitative estimate of drug-likeness (QED) is 0.676. The second kappa shape index (κ2) is 5.78. The van der Waals surface area contributed by atoms with Gasteiger partial charge in [-0.05, 0) is 60.4 Å². The molecular weight excluding hydrogens is 340 g/mol. The van der Waals surface area contributed by atoms with Crippen molar-refractivity contribution < 1.29 is 14.4 Å². The van der Waals surface area contributed by atoms with Crippen LogP contribution in [0.25, 0.3) is 0 Å². The van der Waals surface area contributed by atoms with Crippen LogP contribution in [0.5, 0.6) is 0 Å². The zero-order valence-corrected chi connectivity index (χ0v) is 15.0. The molecule has 0 unspecified atom stereocenters. The van der Waals surface area contributed by atoms with Crippen LogP contribution in [-0.4, -0.2) is 29.2 Å². The Morgan fingerprint density at radius 2 is 1.81 bits per heavy atom. The molecule has 3 amide bonds. The summed E-state index contributed by atoms with van der Waals surface area (Å²) in [4.78, 5) is 39.5. The van der Waals surface area contributed by atoms with Crippen LogP contribution in [0.1, 0.15) is 45.5 Å². The van der Waals surface area contributed by atoms with E-state index in [1.807, 2.05) is 42.5 Å². The lowest BCUT2D eigenvalue weighted by Crippen LogP contribution is -2.42. The van der Waals surface area contributed by atoms with Crippen molar-refractivity contribution in [1.29, 1.82) is 0 Å². The van der Waals surface area contributed by atoms with Gasteiger partial charge in [0.25, 0.3) is 5.91 Å². The van der Waals surface area contributed by atoms with E-state index in [1.165, 1.54) is 11.1 Å². The zero-order valence-electron chi connectivity index (χ0n) is 15.0. The lowest BCUT2D eigenvalue weighted by molar-refractivity contribution is -0.131. The number of nitrogens with zero attached hydrogens (tertiary/aromatic N) is 1. The molecule has 5 heteroatoms. The molecule has 1 aliphatic heterocycles. The van der Waals surface area contributed by atoms with Gasteiger partial charge < -0.3 is 5.32 Å². The normalized spacial score (nSPS) is 22.9. The third kappa shape index (κ3) is 2.34. The summed E-state index contributed by atoms with van der Waals surface area (Å²) >= 11 is 0. The summed E-state index contributed by atoms with van der Waals surface area (Å²) in [6, 6.07) is 12.9. The monoisotopic (exact) mass is 360 g/mol. The van der Waals surface area contributed by atoms with Gasteiger partial charge >= 0.3 is 6.03 Å². The first-order valence-electron chi connectivity index (χ1n) is 9.46. The smallest absolute Gasteiger partial charge is 0.319 e. The Bertz CT molecular complexity index is 997. The predicted molar refractivity (Wildman–Crippen MR) is 99.5 cm³/mol. The van der Waals surface area contributed by atoms with Gasteiger partial charge in [-0.15, -0.1) is 0 Å². The van der Waals surface area contributed by atoms with Gasteiger partial charge in [-0.1, -0.05) is 36.4 Å². The summed E-state index contributed by atoms with van der Waals surface area (Å²) in [6.07, 6.45) is 4.44. The van der Waals surface area contributed by atoms with Crippen molar-refractivity contribution in [2.45, 2.75) is 37.6 Å². The van der Waals surface area contributed by atoms with Gasteiger partial charge in [0.05, 0.1) is 6.54 Å². The number of urea groups is 1. The van der Waals surface area contributed by atoms with Gasteiger partial charge in [0.15, 0.2) is 5.78 Å². The fourth-order valence-corrected chi connectivity index (χ4v) is 4.71. The minimum atomic E-state index is -1.01. The maximum Gasteiger partial charge on any atom is 0.325 e. The first-order chi connectivity index (χ1) is 13.1. The van der Waals surface area contributed by atoms with E-state index < -0.39 is 11.6 Å². The molecule has 5 nitrogen and oxygen atoms in total. The number of imide groups is 1. The number of carbonyl (C=O) groups is 3. The van der Waals surface area contributed by atoms with Gasteiger partial charge in [-0.3, -0.25) is 14.5 Å². The Morgan fingerprint density at radius 3 is 2.70 bits per heavy atom. The Morgan fingerprint density at radius 1 is 1.00 bits per heavy atom. The molecule has 0 aromatic heterocycles. The van der Waals surface area contributed by atoms with Crippen LogP contribution in [-0.2, 0) is 29.6 Å². The maximum atomic E-state index is 13.1. The third-order valence-electron chi connectivity index (χ3n) is 6.14. The van der Waals surface area contributed by atoms with Crippen molar-refractivity contribution >= 4 is 17.7 Å². The molecule has 3 aliphatic rings. The molecule has 1 N–H and O–H groups in total. The lowest BCUT2D eigenvalue weighted by Gasteiger charge is -2.22. The van der Waals surface area contributed by atoms with Crippen LogP contribution in [0.4, 0.5) is 4.79 Å². The predicted octanol–water partition coefficient (Wildman–Crippen LogP) is 2.75. The molecule has 2 aromatic rings. The molecule has 0 saturated carbocycles. The van der Waals surface area contributed by atoms with Gasteiger partial charge in [0, 0.05) is 5.56 Å². The molecule has 0 radical (unpaired) electrons. The van der Waals surface area contributed by atoms with Gasteiger partial charge in [-0.25, -0.2) is 4.79 Å². The van der Waals surface area contributed by atoms with Crippen molar-refractivity contribution in [3.63, 3.8) is 0 Å². The van der Waals surface area contributed by atoms with Crippen molar-refractivity contribution in [1.82, 2.24) is 10.2 Å². The van der Waals surface area contributed by atoms with E-state index >= 15 is 0 Å². The zero-order chi connectivity index (χ0) is 18.6. The Labute approximate surface area is 157 Å². The van der Waals surface area contributed by atoms with Crippen LogP contribution in [0.15, 0.2) is 42.5 Å². The maximum absolute atomic E-state index is 13.1. The molecule has 136 valence electrons. The van der Waals surface area contributed by atoms with Crippen molar-refractivity contribution in [3.05, 3.63) is 70.3 Å². The van der Waals surface area contributed by atoms with Gasteiger partial charge in [-0.2, -0.15) is 0 Å². The standard InChI is InChI=1S/C22H20N2O3/c25-19(17-9-8-14-5-3-6-16(14)12-17)13-24-20(26)22(23-21(24)27)11-10-15-4-1-2-7-18(15)22/h1-2,4,7-9,12H,3,5-6,10-11,13H2,(H,23,27)/t22-/m1/s1. The summed E-state index contributed by atoms with van der Waals surface area (Å²) in [7, 11) is 0. The number of benzene rings is 2. The average Bonchev–Trinajstić information content (AvgIpc) is 3.35. The molecular formula is C22H20N2O3. The fraction of sp³-hybridized carbons (Fsp3) is 0.318. The summed E-state index contributed by atoms with van der Waals surface area (Å²) in [6.45, 7) is -0.215. The number of amides is 3.